The summed E-state index contributed by atoms with van der Waals surface area (Å²) in [7, 11) is 1.61. The van der Waals surface area contributed by atoms with E-state index in [1.54, 1.807) is 25.2 Å². The van der Waals surface area contributed by atoms with Gasteiger partial charge in [0.05, 0.1) is 6.07 Å². The number of benzene rings is 1. The highest BCUT2D eigenvalue weighted by molar-refractivity contribution is 6.35. The van der Waals surface area contributed by atoms with Crippen molar-refractivity contribution in [2.45, 2.75) is 6.54 Å². The first-order valence-corrected chi connectivity index (χ1v) is 7.24. The molecule has 6 nitrogen and oxygen atoms in total. The molecular weight excluding hydrogens is 343 g/mol. The molecule has 23 heavy (non-hydrogen) atoms. The lowest BCUT2D eigenvalue weighted by molar-refractivity contribution is -0.402. The van der Waals surface area contributed by atoms with E-state index >= 15 is 0 Å². The molecular formula is C15H12Cl2N2O4. The highest BCUT2D eigenvalue weighted by Crippen LogP contribution is 2.22. The summed E-state index contributed by atoms with van der Waals surface area (Å²) in [6.07, 6.45) is 2.64. The molecule has 1 amide bonds. The maximum atomic E-state index is 12.0. The van der Waals surface area contributed by atoms with Crippen molar-refractivity contribution in [2.24, 2.45) is 0 Å². The zero-order valence-electron chi connectivity index (χ0n) is 12.0. The highest BCUT2D eigenvalue weighted by atomic mass is 35.5. The Morgan fingerprint density at radius 3 is 2.70 bits per heavy atom. The summed E-state index contributed by atoms with van der Waals surface area (Å²) in [5.74, 6) is -0.448. The van der Waals surface area contributed by atoms with Crippen molar-refractivity contribution in [1.82, 2.24) is 4.90 Å². The van der Waals surface area contributed by atoms with E-state index in [0.717, 1.165) is 5.56 Å². The normalized spacial score (nSPS) is 10.9. The zero-order chi connectivity index (χ0) is 17.0. The van der Waals surface area contributed by atoms with Gasteiger partial charge in [-0.2, -0.15) is 0 Å². The SMILES string of the molecule is CN(Cc1ccc(Cl)cc1Cl)C(=O)/C=C/c1ccc([N+](=O)[O-])o1. The average molecular weight is 355 g/mol. The molecule has 0 atom stereocenters. The summed E-state index contributed by atoms with van der Waals surface area (Å²) in [5, 5.41) is 11.5. The van der Waals surface area contributed by atoms with Crippen LogP contribution in [0.2, 0.25) is 10.0 Å². The molecule has 0 radical (unpaired) electrons. The van der Waals surface area contributed by atoms with Crippen molar-refractivity contribution >= 4 is 41.1 Å². The van der Waals surface area contributed by atoms with Gasteiger partial charge in [0.15, 0.2) is 0 Å². The maximum absolute atomic E-state index is 12.0. The Morgan fingerprint density at radius 2 is 2.09 bits per heavy atom. The Kier molecular flexibility index (Phi) is 5.41. The second-order valence-corrected chi connectivity index (χ2v) is 5.54. The number of likely N-dealkylation sites (N-methyl/N-ethyl adjacent to an activating group) is 1. The number of carbonyl (C=O) groups is 1. The molecule has 0 saturated carbocycles. The number of carbonyl (C=O) groups excluding carboxylic acids is 1. The predicted octanol–water partition coefficient (Wildman–Crippen LogP) is 4.17. The van der Waals surface area contributed by atoms with Crippen molar-refractivity contribution < 1.29 is 14.1 Å². The monoisotopic (exact) mass is 354 g/mol. The average Bonchev–Trinajstić information content (AvgIpc) is 2.96. The molecule has 0 aliphatic carbocycles. The topological polar surface area (TPSA) is 76.6 Å². The van der Waals surface area contributed by atoms with Gasteiger partial charge in [-0.1, -0.05) is 29.3 Å². The smallest absolute Gasteiger partial charge is 0.401 e. The number of halogens is 2. The molecule has 1 aromatic heterocycles. The number of nitro groups is 1. The molecule has 0 unspecified atom stereocenters. The lowest BCUT2D eigenvalue weighted by atomic mass is 10.2. The number of rotatable bonds is 5. The minimum Gasteiger partial charge on any atom is -0.401 e. The Balaban J connectivity index is 2.01. The van der Waals surface area contributed by atoms with Gasteiger partial charge in [0.2, 0.25) is 5.91 Å². The standard InChI is InChI=1S/C15H12Cl2N2O4/c1-18(9-10-2-3-11(16)8-13(10)17)14(20)6-4-12-5-7-15(23-12)19(21)22/h2-8H,9H2,1H3/b6-4+. The van der Waals surface area contributed by atoms with Crippen LogP contribution in [0.1, 0.15) is 11.3 Å². The Hall–Kier alpha value is -2.31. The first-order chi connectivity index (χ1) is 10.9. The lowest BCUT2D eigenvalue weighted by Gasteiger charge is -2.16. The molecule has 0 N–H and O–H groups in total. The van der Waals surface area contributed by atoms with E-state index in [1.807, 2.05) is 0 Å². The van der Waals surface area contributed by atoms with Crippen LogP contribution >= 0.6 is 23.2 Å². The molecule has 0 aliphatic heterocycles. The number of furan rings is 1. The van der Waals surface area contributed by atoms with Crippen LogP contribution in [0.25, 0.3) is 6.08 Å². The van der Waals surface area contributed by atoms with E-state index in [1.165, 1.54) is 29.2 Å². The fourth-order valence-electron chi connectivity index (χ4n) is 1.79. The molecule has 0 saturated heterocycles. The van der Waals surface area contributed by atoms with Gasteiger partial charge in [0.25, 0.3) is 0 Å². The van der Waals surface area contributed by atoms with Crippen LogP contribution in [0.5, 0.6) is 0 Å². The summed E-state index contributed by atoms with van der Waals surface area (Å²) in [4.78, 5) is 23.3. The zero-order valence-corrected chi connectivity index (χ0v) is 13.5. The van der Waals surface area contributed by atoms with E-state index in [2.05, 4.69) is 0 Å². The second-order valence-electron chi connectivity index (χ2n) is 4.70. The minimum atomic E-state index is -0.645. The predicted molar refractivity (Wildman–Crippen MR) is 87.3 cm³/mol. The summed E-state index contributed by atoms with van der Waals surface area (Å²) >= 11 is 11.9. The summed E-state index contributed by atoms with van der Waals surface area (Å²) in [6.45, 7) is 0.303. The fraction of sp³-hybridized carbons (Fsp3) is 0.133. The third-order valence-corrected chi connectivity index (χ3v) is 3.57. The molecule has 0 spiro atoms. The minimum absolute atomic E-state index is 0.225. The third kappa shape index (κ3) is 4.58. The van der Waals surface area contributed by atoms with Crippen LogP contribution in [0.4, 0.5) is 5.88 Å². The molecule has 1 heterocycles. The van der Waals surface area contributed by atoms with E-state index in [-0.39, 0.29) is 17.6 Å². The molecule has 0 aliphatic rings. The second kappa shape index (κ2) is 7.30. The Morgan fingerprint density at radius 1 is 1.35 bits per heavy atom. The van der Waals surface area contributed by atoms with Crippen molar-refractivity contribution in [3.05, 3.63) is 67.9 Å². The van der Waals surface area contributed by atoms with Crippen LogP contribution < -0.4 is 0 Å². The van der Waals surface area contributed by atoms with Crippen molar-refractivity contribution in [1.29, 1.82) is 0 Å². The van der Waals surface area contributed by atoms with Gasteiger partial charge < -0.3 is 9.32 Å². The Bertz CT molecular complexity index is 771. The summed E-state index contributed by atoms with van der Waals surface area (Å²) < 4.78 is 4.93. The molecule has 2 aromatic rings. The van der Waals surface area contributed by atoms with Crippen molar-refractivity contribution in [3.63, 3.8) is 0 Å². The van der Waals surface area contributed by atoms with Gasteiger partial charge in [-0.05, 0) is 29.8 Å². The maximum Gasteiger partial charge on any atom is 0.433 e. The van der Waals surface area contributed by atoms with Crippen LogP contribution in [0.15, 0.2) is 40.8 Å². The largest absolute Gasteiger partial charge is 0.433 e. The quantitative estimate of drug-likeness (QED) is 0.458. The molecule has 0 bridgehead atoms. The van der Waals surface area contributed by atoms with Crippen molar-refractivity contribution in [2.75, 3.05) is 7.05 Å². The lowest BCUT2D eigenvalue weighted by Crippen LogP contribution is -2.24. The molecule has 120 valence electrons. The number of hydrogen-bond acceptors (Lipinski definition) is 4. The first kappa shape index (κ1) is 17.1. The fourth-order valence-corrected chi connectivity index (χ4v) is 2.26. The van der Waals surface area contributed by atoms with E-state index < -0.39 is 4.92 Å². The molecule has 1 aromatic carbocycles. The van der Waals surface area contributed by atoms with Crippen LogP contribution in [0, 0.1) is 10.1 Å². The number of amides is 1. The molecule has 8 heteroatoms. The first-order valence-electron chi connectivity index (χ1n) is 6.48. The molecule has 2 rings (SSSR count). The van der Waals surface area contributed by atoms with Crippen molar-refractivity contribution in [3.8, 4) is 0 Å². The highest BCUT2D eigenvalue weighted by Gasteiger charge is 2.12. The molecule has 0 fully saturated rings. The summed E-state index contributed by atoms with van der Waals surface area (Å²) in [6, 6.07) is 7.68. The third-order valence-electron chi connectivity index (χ3n) is 2.98. The number of hydrogen-bond donors (Lipinski definition) is 0. The van der Waals surface area contributed by atoms with E-state index in [9.17, 15) is 14.9 Å². The van der Waals surface area contributed by atoms with E-state index in [4.69, 9.17) is 27.6 Å². The Labute approximate surface area is 142 Å². The van der Waals surface area contributed by atoms with Crippen LogP contribution in [0.3, 0.4) is 0 Å². The van der Waals surface area contributed by atoms with Gasteiger partial charge in [-0.3, -0.25) is 14.9 Å². The van der Waals surface area contributed by atoms with E-state index in [0.29, 0.717) is 16.6 Å². The van der Waals surface area contributed by atoms with Gasteiger partial charge in [0.1, 0.15) is 10.7 Å². The summed E-state index contributed by atoms with van der Waals surface area (Å²) in [5.41, 5.74) is 0.758. The van der Waals surface area contributed by atoms with Gasteiger partial charge in [-0.25, -0.2) is 0 Å². The van der Waals surface area contributed by atoms with Gasteiger partial charge >= 0.3 is 5.88 Å². The van der Waals surface area contributed by atoms with Gasteiger partial charge in [0, 0.05) is 29.7 Å². The van der Waals surface area contributed by atoms with Gasteiger partial charge in [-0.15, -0.1) is 0 Å². The number of nitrogens with zero attached hydrogens (tertiary/aromatic N) is 2. The van der Waals surface area contributed by atoms with Crippen LogP contribution in [-0.4, -0.2) is 22.8 Å². The van der Waals surface area contributed by atoms with Crippen LogP contribution in [-0.2, 0) is 11.3 Å².